The van der Waals surface area contributed by atoms with Crippen molar-refractivity contribution in [2.24, 2.45) is 0 Å². The van der Waals surface area contributed by atoms with Crippen LogP contribution in [0.15, 0.2) is 35.5 Å². The van der Waals surface area contributed by atoms with Crippen molar-refractivity contribution in [1.29, 1.82) is 0 Å². The summed E-state index contributed by atoms with van der Waals surface area (Å²) in [7, 11) is 0. The lowest BCUT2D eigenvalue weighted by molar-refractivity contribution is 1.10. The molecule has 1 heterocycles. The van der Waals surface area contributed by atoms with Crippen molar-refractivity contribution >= 4 is 40.7 Å². The number of anilines is 1. The molecule has 0 aliphatic rings. The monoisotopic (exact) mass is 285 g/mol. The summed E-state index contributed by atoms with van der Waals surface area (Å²) in [5.41, 5.74) is 7.09. The molecule has 1 aromatic heterocycles. The molecule has 88 valence electrons. The van der Waals surface area contributed by atoms with Crippen LogP contribution in [0.4, 0.5) is 5.69 Å². The van der Waals surface area contributed by atoms with Crippen molar-refractivity contribution in [3.05, 3.63) is 46.5 Å². The molecular weight excluding hydrogens is 277 g/mol. The number of nitrogen functional groups attached to an aromatic ring is 1. The zero-order chi connectivity index (χ0) is 12.3. The van der Waals surface area contributed by atoms with Crippen molar-refractivity contribution in [2.75, 3.05) is 5.73 Å². The first-order valence-corrected chi connectivity index (χ1v) is 6.53. The van der Waals surface area contributed by atoms with Crippen molar-refractivity contribution < 1.29 is 0 Å². The molecule has 0 saturated heterocycles. The number of hydrogen-bond donors (Lipinski definition) is 1. The lowest BCUT2D eigenvalue weighted by atomic mass is 10.3. The lowest BCUT2D eigenvalue weighted by Crippen LogP contribution is -1.89. The van der Waals surface area contributed by atoms with Gasteiger partial charge in [-0.2, -0.15) is 0 Å². The van der Waals surface area contributed by atoms with E-state index in [4.69, 9.17) is 28.9 Å². The zero-order valence-electron chi connectivity index (χ0n) is 8.73. The molecule has 0 amide bonds. The molecule has 0 radical (unpaired) electrons. The highest BCUT2D eigenvalue weighted by Gasteiger charge is 2.01. The second-order valence-corrected chi connectivity index (χ2v) is 5.15. The molecule has 0 bridgehead atoms. The van der Waals surface area contributed by atoms with E-state index in [1.807, 2.05) is 12.1 Å². The predicted molar refractivity (Wildman–Crippen MR) is 72.5 cm³/mol. The van der Waals surface area contributed by atoms with Gasteiger partial charge < -0.3 is 5.73 Å². The third kappa shape index (κ3) is 3.49. The van der Waals surface area contributed by atoms with Gasteiger partial charge in [-0.15, -0.1) is 11.8 Å². The largest absolute Gasteiger partial charge is 0.398 e. The molecular formula is C11H9Cl2N3S. The van der Waals surface area contributed by atoms with E-state index >= 15 is 0 Å². The summed E-state index contributed by atoms with van der Waals surface area (Å²) in [6, 6.07) is 5.55. The maximum atomic E-state index is 5.93. The number of aromatic nitrogens is 2. The van der Waals surface area contributed by atoms with Crippen LogP contribution in [0.3, 0.4) is 0 Å². The smallest absolute Gasteiger partial charge is 0.147 e. The quantitative estimate of drug-likeness (QED) is 0.691. The van der Waals surface area contributed by atoms with Gasteiger partial charge in [0.05, 0.1) is 28.8 Å². The second kappa shape index (κ2) is 5.58. The Labute approximate surface area is 113 Å². The Kier molecular flexibility index (Phi) is 4.10. The van der Waals surface area contributed by atoms with Crippen molar-refractivity contribution in [1.82, 2.24) is 9.97 Å². The third-order valence-electron chi connectivity index (χ3n) is 2.03. The Morgan fingerprint density at radius 1 is 1.18 bits per heavy atom. The molecule has 2 rings (SSSR count). The number of thioether (sulfide) groups is 1. The molecule has 0 aliphatic carbocycles. The minimum absolute atomic E-state index is 0.397. The number of nitrogens with two attached hydrogens (primary N) is 1. The highest BCUT2D eigenvalue weighted by Crippen LogP contribution is 2.28. The summed E-state index contributed by atoms with van der Waals surface area (Å²) in [5.74, 6) is 0.713. The van der Waals surface area contributed by atoms with Crippen LogP contribution in [0.25, 0.3) is 0 Å². The first-order valence-electron chi connectivity index (χ1n) is 4.79. The lowest BCUT2D eigenvalue weighted by Gasteiger charge is -2.03. The van der Waals surface area contributed by atoms with Crippen LogP contribution in [-0.4, -0.2) is 9.97 Å². The van der Waals surface area contributed by atoms with Gasteiger partial charge in [0.15, 0.2) is 0 Å². The Bertz CT molecular complexity index is 517. The molecule has 0 saturated carbocycles. The molecule has 17 heavy (non-hydrogen) atoms. The van der Waals surface area contributed by atoms with Gasteiger partial charge in [0, 0.05) is 10.6 Å². The van der Waals surface area contributed by atoms with Crippen LogP contribution in [-0.2, 0) is 5.75 Å². The average Bonchev–Trinajstić information content (AvgIpc) is 2.33. The molecule has 0 atom stereocenters. The Balaban J connectivity index is 2.02. The summed E-state index contributed by atoms with van der Waals surface area (Å²) < 4.78 is 0. The van der Waals surface area contributed by atoms with Crippen LogP contribution >= 0.6 is 35.0 Å². The van der Waals surface area contributed by atoms with Crippen LogP contribution in [0, 0.1) is 0 Å². The van der Waals surface area contributed by atoms with Crippen LogP contribution in [0.2, 0.25) is 10.2 Å². The van der Waals surface area contributed by atoms with E-state index in [9.17, 15) is 0 Å². The minimum atomic E-state index is 0.397. The van der Waals surface area contributed by atoms with E-state index in [2.05, 4.69) is 9.97 Å². The van der Waals surface area contributed by atoms with Gasteiger partial charge in [-0.05, 0) is 18.2 Å². The Morgan fingerprint density at radius 3 is 2.65 bits per heavy atom. The van der Waals surface area contributed by atoms with E-state index < -0.39 is 0 Å². The molecule has 0 unspecified atom stereocenters. The first-order chi connectivity index (χ1) is 8.15. The van der Waals surface area contributed by atoms with Crippen molar-refractivity contribution in [2.45, 2.75) is 10.6 Å². The minimum Gasteiger partial charge on any atom is -0.398 e. The number of hydrogen-bond acceptors (Lipinski definition) is 4. The maximum absolute atomic E-state index is 5.93. The summed E-state index contributed by atoms with van der Waals surface area (Å²) in [4.78, 5) is 9.17. The van der Waals surface area contributed by atoms with E-state index in [1.165, 1.54) is 6.20 Å². The standard InChI is InChI=1S/C11H9Cl2N3S/c12-9-3-8(1-2-10(9)14)17-6-7-4-16-11(13)5-15-7/h1-5H,6,14H2. The van der Waals surface area contributed by atoms with E-state index in [-0.39, 0.29) is 0 Å². The third-order valence-corrected chi connectivity index (χ3v) is 3.58. The molecule has 6 heteroatoms. The molecule has 0 fully saturated rings. The van der Waals surface area contributed by atoms with E-state index in [0.717, 1.165) is 10.6 Å². The van der Waals surface area contributed by atoms with Crippen molar-refractivity contribution in [3.63, 3.8) is 0 Å². The normalized spacial score (nSPS) is 10.5. The summed E-state index contributed by atoms with van der Waals surface area (Å²) >= 11 is 13.2. The van der Waals surface area contributed by atoms with Crippen LogP contribution in [0.1, 0.15) is 5.69 Å². The van der Waals surface area contributed by atoms with Gasteiger partial charge in [0.2, 0.25) is 0 Å². The van der Waals surface area contributed by atoms with E-state index in [0.29, 0.717) is 21.6 Å². The Hall–Kier alpha value is -0.970. The van der Waals surface area contributed by atoms with Crippen LogP contribution < -0.4 is 5.73 Å². The Morgan fingerprint density at radius 2 is 2.00 bits per heavy atom. The average molecular weight is 286 g/mol. The second-order valence-electron chi connectivity index (χ2n) is 3.30. The summed E-state index contributed by atoms with van der Waals surface area (Å²) in [6.45, 7) is 0. The van der Waals surface area contributed by atoms with Gasteiger partial charge in [-0.1, -0.05) is 23.2 Å². The molecule has 0 spiro atoms. The molecule has 2 N–H and O–H groups in total. The number of benzene rings is 1. The summed E-state index contributed by atoms with van der Waals surface area (Å²) in [5, 5.41) is 0.964. The number of halogens is 2. The zero-order valence-corrected chi connectivity index (χ0v) is 11.1. The first kappa shape index (κ1) is 12.5. The SMILES string of the molecule is Nc1ccc(SCc2cnc(Cl)cn2)cc1Cl. The van der Waals surface area contributed by atoms with Crippen LogP contribution in [0.5, 0.6) is 0 Å². The molecule has 1 aromatic carbocycles. The fourth-order valence-electron chi connectivity index (χ4n) is 1.17. The van der Waals surface area contributed by atoms with Gasteiger partial charge in [0.25, 0.3) is 0 Å². The predicted octanol–water partition coefficient (Wildman–Crippen LogP) is 3.66. The van der Waals surface area contributed by atoms with Gasteiger partial charge in [-0.3, -0.25) is 4.98 Å². The fourth-order valence-corrected chi connectivity index (χ4v) is 2.34. The number of nitrogens with zero attached hydrogens (tertiary/aromatic N) is 2. The van der Waals surface area contributed by atoms with Gasteiger partial charge in [-0.25, -0.2) is 4.98 Å². The van der Waals surface area contributed by atoms with Gasteiger partial charge in [0.1, 0.15) is 5.15 Å². The molecule has 0 aliphatic heterocycles. The number of rotatable bonds is 3. The fraction of sp³-hybridized carbons (Fsp3) is 0.0909. The highest BCUT2D eigenvalue weighted by atomic mass is 35.5. The highest BCUT2D eigenvalue weighted by molar-refractivity contribution is 7.98. The van der Waals surface area contributed by atoms with E-state index in [1.54, 1.807) is 24.0 Å². The topological polar surface area (TPSA) is 51.8 Å². The molecule has 2 aromatic rings. The van der Waals surface area contributed by atoms with Crippen molar-refractivity contribution in [3.8, 4) is 0 Å². The van der Waals surface area contributed by atoms with Gasteiger partial charge >= 0.3 is 0 Å². The molecule has 3 nitrogen and oxygen atoms in total. The maximum Gasteiger partial charge on any atom is 0.147 e. The summed E-state index contributed by atoms with van der Waals surface area (Å²) in [6.07, 6.45) is 3.20.